The fourth-order valence-corrected chi connectivity index (χ4v) is 11.9. The van der Waals surface area contributed by atoms with Gasteiger partial charge in [-0.05, 0) is 81.0 Å². The Hall–Kier alpha value is -2.66. The summed E-state index contributed by atoms with van der Waals surface area (Å²) in [6.45, 7) is 7.62. The van der Waals surface area contributed by atoms with Crippen LogP contribution in [0.3, 0.4) is 0 Å². The molecule has 1 saturated heterocycles. The molecule has 5 fully saturated rings. The lowest BCUT2D eigenvalue weighted by atomic mass is 9.59. The summed E-state index contributed by atoms with van der Waals surface area (Å²) in [4.78, 5) is 30.5. The van der Waals surface area contributed by atoms with Crippen LogP contribution >= 0.6 is 0 Å². The lowest BCUT2D eigenvalue weighted by molar-refractivity contribution is -0.283. The van der Waals surface area contributed by atoms with E-state index in [4.69, 9.17) is 18.9 Å². The number of likely N-dealkylation sites (N-methyl/N-ethyl adjacent to an activating group) is 1. The van der Waals surface area contributed by atoms with Crippen LogP contribution in [0.5, 0.6) is 0 Å². The number of unbranched alkanes of at least 4 members (excludes halogenated alkanes) is 1. The van der Waals surface area contributed by atoms with Crippen LogP contribution in [0.4, 0.5) is 0 Å². The monoisotopic (exact) mass is 717 g/mol. The number of ether oxygens (including phenoxy) is 4. The Morgan fingerprint density at radius 2 is 1.63 bits per heavy atom. The van der Waals surface area contributed by atoms with Gasteiger partial charge in [0.25, 0.3) is 0 Å². The standard InChI is InChI=1S/C43H59NO8/c1-7-9-12-27-15-17-28(18-16-27)35(45)21-29-13-10-11-14-30(29)40(46)52-41-20-19-36(49-4)38-33(41)23-32(26(3)44(8-2)25-41)42(47)24-37(50-5)31-22-34(38)43(42,48)39(31)51-6/h10-11,13-18,26,31-34,36-39,47-48H,7-9,12,19-25H2,1-6H3/t26-,31+,32-,33?,34?,36-,37?,38?,39-,41+,42-,43-/m0/s1. The molecule has 5 aliphatic rings. The van der Waals surface area contributed by atoms with Crippen molar-refractivity contribution >= 4 is 11.8 Å². The van der Waals surface area contributed by atoms with Gasteiger partial charge in [-0.15, -0.1) is 0 Å². The molecule has 0 spiro atoms. The zero-order valence-corrected chi connectivity index (χ0v) is 31.9. The van der Waals surface area contributed by atoms with Gasteiger partial charge in [0.15, 0.2) is 5.78 Å². The molecule has 284 valence electrons. The summed E-state index contributed by atoms with van der Waals surface area (Å²) in [5.41, 5.74) is -1.02. The van der Waals surface area contributed by atoms with Gasteiger partial charge in [-0.3, -0.25) is 9.69 Å². The van der Waals surface area contributed by atoms with Crippen LogP contribution < -0.4 is 0 Å². The predicted octanol–water partition coefficient (Wildman–Crippen LogP) is 5.67. The highest BCUT2D eigenvalue weighted by molar-refractivity contribution is 6.00. The van der Waals surface area contributed by atoms with Gasteiger partial charge in [-0.25, -0.2) is 4.79 Å². The molecule has 4 unspecified atom stereocenters. The van der Waals surface area contributed by atoms with Crippen LogP contribution in [-0.2, 0) is 31.8 Å². The van der Waals surface area contributed by atoms with E-state index in [0.29, 0.717) is 61.9 Å². The molecule has 12 atom stereocenters. The van der Waals surface area contributed by atoms with Gasteiger partial charge in [0.05, 0.1) is 23.9 Å². The minimum atomic E-state index is -1.53. The van der Waals surface area contributed by atoms with Gasteiger partial charge < -0.3 is 29.2 Å². The maximum absolute atomic E-state index is 14.6. The first kappa shape index (κ1) is 37.6. The van der Waals surface area contributed by atoms with Crippen molar-refractivity contribution in [2.45, 2.75) is 120 Å². The van der Waals surface area contributed by atoms with E-state index in [0.717, 1.165) is 19.3 Å². The number of benzene rings is 2. The zero-order chi connectivity index (χ0) is 37.0. The van der Waals surface area contributed by atoms with Crippen molar-refractivity contribution in [1.29, 1.82) is 0 Å². The van der Waals surface area contributed by atoms with Crippen LogP contribution in [0, 0.1) is 29.6 Å². The average Bonchev–Trinajstić information content (AvgIpc) is 3.28. The largest absolute Gasteiger partial charge is 0.454 e. The van der Waals surface area contributed by atoms with E-state index in [1.165, 1.54) is 5.56 Å². The second-order valence-corrected chi connectivity index (χ2v) is 16.5. The second kappa shape index (κ2) is 14.5. The van der Waals surface area contributed by atoms with Gasteiger partial charge in [-0.1, -0.05) is 62.7 Å². The average molecular weight is 718 g/mol. The summed E-state index contributed by atoms with van der Waals surface area (Å²) in [6.07, 6.45) is 5.03. The number of ketones is 1. The molecule has 9 heteroatoms. The van der Waals surface area contributed by atoms with E-state index in [1.54, 1.807) is 27.4 Å². The number of carbonyl (C=O) groups excluding carboxylic acids is 2. The molecule has 52 heavy (non-hydrogen) atoms. The Kier molecular flexibility index (Phi) is 10.5. The quantitative estimate of drug-likeness (QED) is 0.212. The molecule has 1 aliphatic heterocycles. The number of rotatable bonds is 12. The Morgan fingerprint density at radius 3 is 2.31 bits per heavy atom. The Bertz CT molecular complexity index is 1610. The summed E-state index contributed by atoms with van der Waals surface area (Å²) in [6, 6.07) is 15.0. The molecular weight excluding hydrogens is 658 g/mol. The van der Waals surface area contributed by atoms with Gasteiger partial charge in [-0.2, -0.15) is 0 Å². The molecule has 0 radical (unpaired) electrons. The molecule has 7 rings (SSSR count). The number of nitrogens with zero attached hydrogens (tertiary/aromatic N) is 1. The van der Waals surface area contributed by atoms with Crippen molar-refractivity contribution in [1.82, 2.24) is 4.90 Å². The number of aryl methyl sites for hydroxylation is 1. The molecule has 2 aromatic carbocycles. The zero-order valence-electron chi connectivity index (χ0n) is 31.9. The first-order valence-electron chi connectivity index (χ1n) is 19.7. The SMILES string of the molecule is CCCCc1ccc(C(=O)Cc2ccccc2C(=O)O[C@@]23CC[C@H](OC)C4C2C[C@@H]([C@H](C)N(CC)C3)[C@@]2(O)CC(OC)[C@H]3CC4[C@]2(O)[C@H]3OC)cc1. The van der Waals surface area contributed by atoms with Gasteiger partial charge >= 0.3 is 5.97 Å². The fraction of sp³-hybridized carbons (Fsp3) is 0.674. The fourth-order valence-electron chi connectivity index (χ4n) is 11.9. The van der Waals surface area contributed by atoms with Crippen molar-refractivity contribution < 1.29 is 38.7 Å². The van der Waals surface area contributed by atoms with Crippen LogP contribution in [0.1, 0.15) is 97.6 Å². The normalized spacial score (nSPS) is 39.4. The summed E-state index contributed by atoms with van der Waals surface area (Å²) in [7, 11) is 5.06. The van der Waals surface area contributed by atoms with Crippen molar-refractivity contribution in [3.8, 4) is 0 Å². The summed E-state index contributed by atoms with van der Waals surface area (Å²) in [5, 5.41) is 26.2. The Labute approximate surface area is 309 Å². The molecule has 0 amide bonds. The number of fused-ring (bicyclic) bond motifs is 4. The number of methoxy groups -OCH3 is 3. The molecule has 4 saturated carbocycles. The van der Waals surface area contributed by atoms with Crippen molar-refractivity contribution in [2.75, 3.05) is 34.4 Å². The smallest absolute Gasteiger partial charge is 0.339 e. The molecular formula is C43H59NO8. The minimum Gasteiger partial charge on any atom is -0.454 e. The Balaban J connectivity index is 1.25. The molecule has 1 heterocycles. The number of carbonyl (C=O) groups is 2. The molecule has 4 bridgehead atoms. The van der Waals surface area contributed by atoms with E-state index < -0.39 is 28.9 Å². The number of hydrogen-bond donors (Lipinski definition) is 2. The van der Waals surface area contributed by atoms with Gasteiger partial charge in [0, 0.05) is 70.1 Å². The maximum atomic E-state index is 14.6. The lowest BCUT2D eigenvalue weighted by Gasteiger charge is -2.58. The lowest BCUT2D eigenvalue weighted by Crippen LogP contribution is -2.73. The van der Waals surface area contributed by atoms with Crippen molar-refractivity contribution in [2.24, 2.45) is 29.6 Å². The van der Waals surface area contributed by atoms with Crippen LogP contribution in [0.25, 0.3) is 0 Å². The first-order chi connectivity index (χ1) is 25.0. The van der Waals surface area contributed by atoms with Gasteiger partial charge in [0.1, 0.15) is 16.8 Å². The van der Waals surface area contributed by atoms with Crippen LogP contribution in [-0.4, -0.2) is 102 Å². The highest BCUT2D eigenvalue weighted by Crippen LogP contribution is 2.67. The molecule has 4 aliphatic carbocycles. The van der Waals surface area contributed by atoms with E-state index in [-0.39, 0.29) is 60.0 Å². The third-order valence-electron chi connectivity index (χ3n) is 14.5. The summed E-state index contributed by atoms with van der Waals surface area (Å²) in [5.74, 6) is -1.61. The summed E-state index contributed by atoms with van der Waals surface area (Å²) < 4.78 is 25.4. The number of Topliss-reactive ketones (excluding diaryl/α,β-unsaturated/α-hetero) is 1. The van der Waals surface area contributed by atoms with E-state index in [1.807, 2.05) is 42.5 Å². The third-order valence-corrected chi connectivity index (χ3v) is 14.5. The van der Waals surface area contributed by atoms with E-state index in [9.17, 15) is 19.8 Å². The molecule has 2 N–H and O–H groups in total. The highest BCUT2D eigenvalue weighted by atomic mass is 16.6. The van der Waals surface area contributed by atoms with E-state index >= 15 is 0 Å². The number of esters is 1. The molecule has 2 aromatic rings. The van der Waals surface area contributed by atoms with Crippen molar-refractivity contribution in [3.63, 3.8) is 0 Å². The minimum absolute atomic E-state index is 0.0425. The predicted molar refractivity (Wildman–Crippen MR) is 197 cm³/mol. The van der Waals surface area contributed by atoms with Crippen LogP contribution in [0.15, 0.2) is 48.5 Å². The van der Waals surface area contributed by atoms with Crippen LogP contribution in [0.2, 0.25) is 0 Å². The number of aliphatic hydroxyl groups is 2. The summed E-state index contributed by atoms with van der Waals surface area (Å²) >= 11 is 0. The number of hydrogen-bond acceptors (Lipinski definition) is 9. The van der Waals surface area contributed by atoms with E-state index in [2.05, 4.69) is 25.7 Å². The van der Waals surface area contributed by atoms with Crippen molar-refractivity contribution in [3.05, 3.63) is 70.8 Å². The Morgan fingerprint density at radius 1 is 0.904 bits per heavy atom. The number of likely N-dealkylation sites (tertiary alicyclic amines) is 1. The first-order valence-corrected chi connectivity index (χ1v) is 19.7. The van der Waals surface area contributed by atoms with Gasteiger partial charge in [0.2, 0.25) is 0 Å². The second-order valence-electron chi connectivity index (χ2n) is 16.5. The maximum Gasteiger partial charge on any atom is 0.339 e. The molecule has 0 aromatic heterocycles. The topological polar surface area (TPSA) is 115 Å². The highest BCUT2D eigenvalue weighted by Gasteiger charge is 2.78. The molecule has 9 nitrogen and oxygen atoms in total. The third kappa shape index (κ3) is 5.80.